The van der Waals surface area contributed by atoms with Crippen LogP contribution in [0.15, 0.2) is 109 Å². The number of rotatable bonds is 9. The third-order valence-corrected chi connectivity index (χ3v) is 6.77. The average molecular weight is 480 g/mol. The number of hydrogen-bond acceptors (Lipinski definition) is 2. The third-order valence-electron chi connectivity index (χ3n) is 6.53. The number of aromatic nitrogens is 1. The maximum absolute atomic E-state index is 6.52. The Hall–Kier alpha value is -3.53. The zero-order valence-corrected chi connectivity index (χ0v) is 20.5. The molecule has 4 aromatic carbocycles. The number of anilines is 1. The van der Waals surface area contributed by atoms with Gasteiger partial charge in [0.1, 0.15) is 0 Å². The molecule has 0 bridgehead atoms. The molecule has 0 atom stereocenters. The minimum Gasteiger partial charge on any atom is -0.385 e. The number of para-hydroxylation sites is 1. The Kier molecular flexibility index (Phi) is 7.17. The summed E-state index contributed by atoms with van der Waals surface area (Å²) in [5.41, 5.74) is 13.6. The number of halogens is 1. The molecule has 0 aliphatic rings. The molecule has 4 heteroatoms. The molecule has 3 nitrogen and oxygen atoms in total. The number of nitrogens with zero attached hydrogens (tertiary/aromatic N) is 1. The van der Waals surface area contributed by atoms with Gasteiger partial charge in [-0.3, -0.25) is 0 Å². The van der Waals surface area contributed by atoms with Crippen LogP contribution in [0.2, 0.25) is 5.02 Å². The zero-order chi connectivity index (χ0) is 24.0. The topological polar surface area (TPSA) is 43.0 Å². The highest BCUT2D eigenvalue weighted by atomic mass is 35.5. The van der Waals surface area contributed by atoms with E-state index in [0.29, 0.717) is 6.54 Å². The molecule has 35 heavy (non-hydrogen) atoms. The molecule has 5 aromatic rings. The predicted molar refractivity (Wildman–Crippen MR) is 148 cm³/mol. The molecule has 0 aliphatic heterocycles. The molecule has 0 spiro atoms. The summed E-state index contributed by atoms with van der Waals surface area (Å²) < 4.78 is 2.49. The van der Waals surface area contributed by atoms with Crippen LogP contribution >= 0.6 is 11.6 Å². The van der Waals surface area contributed by atoms with Gasteiger partial charge in [-0.05, 0) is 60.0 Å². The molecule has 0 amide bonds. The Morgan fingerprint density at radius 2 is 1.34 bits per heavy atom. The Labute approximate surface area is 212 Å². The first kappa shape index (κ1) is 23.2. The quantitative estimate of drug-likeness (QED) is 0.237. The van der Waals surface area contributed by atoms with E-state index in [9.17, 15) is 0 Å². The van der Waals surface area contributed by atoms with Crippen molar-refractivity contribution in [2.24, 2.45) is 5.73 Å². The molecule has 0 saturated heterocycles. The molecule has 1 aromatic heterocycles. The Bertz CT molecular complexity index is 1340. The molecule has 1 heterocycles. The van der Waals surface area contributed by atoms with Gasteiger partial charge in [0.25, 0.3) is 0 Å². The fraction of sp³-hybridized carbons (Fsp3) is 0.161. The van der Waals surface area contributed by atoms with Crippen molar-refractivity contribution in [3.63, 3.8) is 0 Å². The highest BCUT2D eigenvalue weighted by Crippen LogP contribution is 2.37. The Balaban J connectivity index is 1.67. The summed E-state index contributed by atoms with van der Waals surface area (Å²) in [6.45, 7) is 1.41. The van der Waals surface area contributed by atoms with Crippen LogP contribution < -0.4 is 11.1 Å². The largest absolute Gasteiger partial charge is 0.385 e. The molecule has 0 aliphatic carbocycles. The van der Waals surface area contributed by atoms with Crippen molar-refractivity contribution in [1.82, 2.24) is 4.57 Å². The van der Waals surface area contributed by atoms with Gasteiger partial charge < -0.3 is 15.6 Å². The number of fused-ring (bicyclic) bond motifs is 1. The lowest BCUT2D eigenvalue weighted by Crippen LogP contribution is -2.18. The fourth-order valence-electron chi connectivity index (χ4n) is 5.04. The van der Waals surface area contributed by atoms with Gasteiger partial charge in [0.15, 0.2) is 0 Å². The summed E-state index contributed by atoms with van der Waals surface area (Å²) in [7, 11) is 0. The van der Waals surface area contributed by atoms with Crippen LogP contribution in [0.3, 0.4) is 0 Å². The summed E-state index contributed by atoms with van der Waals surface area (Å²) in [4.78, 5) is 0. The van der Waals surface area contributed by atoms with Crippen molar-refractivity contribution in [2.45, 2.75) is 18.9 Å². The number of hydrogen-bond donors (Lipinski definition) is 2. The molecule has 0 radical (unpaired) electrons. The normalized spacial score (nSPS) is 11.3. The predicted octanol–water partition coefficient (Wildman–Crippen LogP) is 7.09. The molecule has 3 N–H and O–H groups in total. The summed E-state index contributed by atoms with van der Waals surface area (Å²) >= 11 is 6.52. The SMILES string of the molecule is NCCc1c(CCNc2ccccc2)c2cc(Cl)ccc2n1C(c1ccccc1)c1ccccc1. The van der Waals surface area contributed by atoms with E-state index in [1.807, 2.05) is 12.1 Å². The first-order valence-corrected chi connectivity index (χ1v) is 12.5. The van der Waals surface area contributed by atoms with Crippen LogP contribution in [0.5, 0.6) is 0 Å². The maximum atomic E-state index is 6.52. The zero-order valence-electron chi connectivity index (χ0n) is 19.7. The molecular formula is C31H30ClN3. The number of benzene rings is 4. The van der Waals surface area contributed by atoms with Crippen molar-refractivity contribution in [1.29, 1.82) is 0 Å². The van der Waals surface area contributed by atoms with Crippen LogP contribution in [0, 0.1) is 0 Å². The van der Waals surface area contributed by atoms with Gasteiger partial charge in [0.05, 0.1) is 6.04 Å². The maximum Gasteiger partial charge on any atom is 0.0842 e. The van der Waals surface area contributed by atoms with Gasteiger partial charge >= 0.3 is 0 Å². The minimum atomic E-state index is 0.0402. The van der Waals surface area contributed by atoms with Gasteiger partial charge in [0.2, 0.25) is 0 Å². The second kappa shape index (κ2) is 10.8. The van der Waals surface area contributed by atoms with Gasteiger partial charge in [-0.25, -0.2) is 0 Å². The summed E-state index contributed by atoms with van der Waals surface area (Å²) in [6, 6.07) is 38.1. The second-order valence-corrected chi connectivity index (χ2v) is 9.20. The van der Waals surface area contributed by atoms with E-state index in [2.05, 4.69) is 107 Å². The van der Waals surface area contributed by atoms with Gasteiger partial charge in [-0.15, -0.1) is 0 Å². The van der Waals surface area contributed by atoms with Crippen molar-refractivity contribution < 1.29 is 0 Å². The van der Waals surface area contributed by atoms with Crippen LogP contribution in [0.4, 0.5) is 5.69 Å². The monoisotopic (exact) mass is 479 g/mol. The number of nitrogens with one attached hydrogen (secondary N) is 1. The van der Waals surface area contributed by atoms with Gasteiger partial charge in [0, 0.05) is 40.3 Å². The molecule has 5 rings (SSSR count). The highest BCUT2D eigenvalue weighted by Gasteiger charge is 2.25. The van der Waals surface area contributed by atoms with E-state index in [1.165, 1.54) is 33.3 Å². The molecule has 0 unspecified atom stereocenters. The number of nitrogens with two attached hydrogens (primary N) is 1. The third kappa shape index (κ3) is 4.97. The molecule has 0 saturated carbocycles. The van der Waals surface area contributed by atoms with Crippen molar-refractivity contribution in [3.05, 3.63) is 137 Å². The van der Waals surface area contributed by atoms with Crippen molar-refractivity contribution in [2.75, 3.05) is 18.4 Å². The standard InChI is InChI=1S/C31H30ClN3/c32-25-16-17-29-28(22-25)27(19-21-34-26-14-8-3-9-15-26)30(18-20-33)35(29)31(23-10-4-1-5-11-23)24-12-6-2-7-13-24/h1-17,22,31,34H,18-21,33H2. The van der Waals surface area contributed by atoms with E-state index in [-0.39, 0.29) is 6.04 Å². The van der Waals surface area contributed by atoms with Gasteiger partial charge in [-0.1, -0.05) is 90.5 Å². The first-order chi connectivity index (χ1) is 17.3. The first-order valence-electron chi connectivity index (χ1n) is 12.2. The fourth-order valence-corrected chi connectivity index (χ4v) is 5.21. The van der Waals surface area contributed by atoms with Crippen LogP contribution in [0.1, 0.15) is 28.4 Å². The highest BCUT2D eigenvalue weighted by molar-refractivity contribution is 6.31. The molecule has 176 valence electrons. The van der Waals surface area contributed by atoms with Crippen molar-refractivity contribution >= 4 is 28.2 Å². The Morgan fingerprint density at radius 1 is 0.743 bits per heavy atom. The second-order valence-electron chi connectivity index (χ2n) is 8.76. The minimum absolute atomic E-state index is 0.0402. The van der Waals surface area contributed by atoms with Crippen LogP contribution in [-0.2, 0) is 12.8 Å². The Morgan fingerprint density at radius 3 is 1.94 bits per heavy atom. The lowest BCUT2D eigenvalue weighted by atomic mass is 9.97. The molecule has 0 fully saturated rings. The smallest absolute Gasteiger partial charge is 0.0842 e. The van der Waals surface area contributed by atoms with E-state index >= 15 is 0 Å². The lowest BCUT2D eigenvalue weighted by molar-refractivity contribution is 0.657. The van der Waals surface area contributed by atoms with Crippen molar-refractivity contribution in [3.8, 4) is 0 Å². The lowest BCUT2D eigenvalue weighted by Gasteiger charge is -2.25. The van der Waals surface area contributed by atoms with E-state index in [4.69, 9.17) is 17.3 Å². The van der Waals surface area contributed by atoms with Crippen LogP contribution in [0.25, 0.3) is 10.9 Å². The summed E-state index contributed by atoms with van der Waals surface area (Å²) in [6.07, 6.45) is 1.67. The van der Waals surface area contributed by atoms with E-state index < -0.39 is 0 Å². The average Bonchev–Trinajstić information content (AvgIpc) is 3.18. The molecular weight excluding hydrogens is 450 g/mol. The summed E-state index contributed by atoms with van der Waals surface area (Å²) in [5.74, 6) is 0. The summed E-state index contributed by atoms with van der Waals surface area (Å²) in [5, 5.41) is 5.52. The van der Waals surface area contributed by atoms with Crippen LogP contribution in [-0.4, -0.2) is 17.7 Å². The van der Waals surface area contributed by atoms with Gasteiger partial charge in [-0.2, -0.15) is 0 Å². The van der Waals surface area contributed by atoms with E-state index in [0.717, 1.165) is 30.1 Å². The van der Waals surface area contributed by atoms with E-state index in [1.54, 1.807) is 0 Å².